The Kier molecular flexibility index (Phi) is 3.99. The van der Waals surface area contributed by atoms with Gasteiger partial charge in [0.15, 0.2) is 5.82 Å². The maximum Gasteiger partial charge on any atom is 0.159 e. The lowest BCUT2D eigenvalue weighted by Crippen LogP contribution is -2.13. The van der Waals surface area contributed by atoms with Gasteiger partial charge in [-0.05, 0) is 43.8 Å². The van der Waals surface area contributed by atoms with Crippen LogP contribution in [-0.2, 0) is 6.54 Å². The van der Waals surface area contributed by atoms with Gasteiger partial charge in [0.1, 0.15) is 5.82 Å². The summed E-state index contributed by atoms with van der Waals surface area (Å²) in [5.41, 5.74) is 2.69. The summed E-state index contributed by atoms with van der Waals surface area (Å²) < 4.78 is 12.9. The third-order valence-electron chi connectivity index (χ3n) is 2.57. The number of nitrogens with one attached hydrogen (secondary N) is 1. The highest BCUT2D eigenvalue weighted by molar-refractivity contribution is 5.54. The Hall–Kier alpha value is -1.81. The SMILES string of the molecule is CCNCc1cc(C)nc(-c2ccc(F)cc2)n1. The average molecular weight is 245 g/mol. The van der Waals surface area contributed by atoms with Gasteiger partial charge in [-0.3, -0.25) is 0 Å². The van der Waals surface area contributed by atoms with Crippen molar-refractivity contribution in [3.05, 3.63) is 47.5 Å². The Morgan fingerprint density at radius 2 is 1.89 bits per heavy atom. The molecule has 0 saturated carbocycles. The Bertz CT molecular complexity index is 523. The molecule has 0 unspecified atom stereocenters. The summed E-state index contributed by atoms with van der Waals surface area (Å²) in [6, 6.07) is 8.19. The second-order valence-electron chi connectivity index (χ2n) is 4.11. The molecule has 0 bridgehead atoms. The van der Waals surface area contributed by atoms with Crippen molar-refractivity contribution in [3.8, 4) is 11.4 Å². The van der Waals surface area contributed by atoms with E-state index in [0.717, 1.165) is 23.5 Å². The summed E-state index contributed by atoms with van der Waals surface area (Å²) in [5.74, 6) is 0.391. The van der Waals surface area contributed by atoms with Crippen LogP contribution in [0.1, 0.15) is 18.3 Å². The van der Waals surface area contributed by atoms with E-state index in [1.54, 1.807) is 12.1 Å². The van der Waals surface area contributed by atoms with Gasteiger partial charge in [-0.15, -0.1) is 0 Å². The van der Waals surface area contributed by atoms with Gasteiger partial charge in [0.05, 0.1) is 5.69 Å². The van der Waals surface area contributed by atoms with Crippen LogP contribution in [0.3, 0.4) is 0 Å². The van der Waals surface area contributed by atoms with E-state index in [1.807, 2.05) is 13.0 Å². The zero-order valence-electron chi connectivity index (χ0n) is 10.6. The van der Waals surface area contributed by atoms with Crippen LogP contribution < -0.4 is 5.32 Å². The molecule has 0 aliphatic heterocycles. The predicted molar refractivity (Wildman–Crippen MR) is 69.5 cm³/mol. The maximum atomic E-state index is 12.9. The van der Waals surface area contributed by atoms with Crippen molar-refractivity contribution in [2.75, 3.05) is 6.54 Å². The first-order valence-corrected chi connectivity index (χ1v) is 6.00. The molecule has 0 radical (unpaired) electrons. The lowest BCUT2D eigenvalue weighted by molar-refractivity contribution is 0.628. The molecule has 0 aliphatic carbocycles. The molecular formula is C14H16FN3. The highest BCUT2D eigenvalue weighted by Gasteiger charge is 2.05. The first-order chi connectivity index (χ1) is 8.69. The van der Waals surface area contributed by atoms with Crippen LogP contribution >= 0.6 is 0 Å². The highest BCUT2D eigenvalue weighted by Crippen LogP contribution is 2.16. The minimum Gasteiger partial charge on any atom is -0.311 e. The van der Waals surface area contributed by atoms with Gasteiger partial charge in [0.25, 0.3) is 0 Å². The molecule has 0 amide bonds. The molecule has 0 spiro atoms. The number of benzene rings is 1. The summed E-state index contributed by atoms with van der Waals surface area (Å²) in [4.78, 5) is 8.86. The molecule has 0 saturated heterocycles. The van der Waals surface area contributed by atoms with Crippen LogP contribution in [-0.4, -0.2) is 16.5 Å². The molecule has 0 atom stereocenters. The molecule has 18 heavy (non-hydrogen) atoms. The van der Waals surface area contributed by atoms with E-state index < -0.39 is 0 Å². The fraction of sp³-hybridized carbons (Fsp3) is 0.286. The Morgan fingerprint density at radius 1 is 1.17 bits per heavy atom. The maximum absolute atomic E-state index is 12.9. The third-order valence-corrected chi connectivity index (χ3v) is 2.57. The molecule has 3 nitrogen and oxygen atoms in total. The fourth-order valence-corrected chi connectivity index (χ4v) is 1.71. The van der Waals surface area contributed by atoms with Crippen molar-refractivity contribution < 1.29 is 4.39 Å². The molecule has 1 N–H and O–H groups in total. The molecule has 0 fully saturated rings. The zero-order chi connectivity index (χ0) is 13.0. The summed E-state index contributed by atoms with van der Waals surface area (Å²) >= 11 is 0. The van der Waals surface area contributed by atoms with Crippen molar-refractivity contribution in [2.24, 2.45) is 0 Å². The number of hydrogen-bond donors (Lipinski definition) is 1. The van der Waals surface area contributed by atoms with Crippen LogP contribution in [0, 0.1) is 12.7 Å². The number of hydrogen-bond acceptors (Lipinski definition) is 3. The van der Waals surface area contributed by atoms with Crippen LogP contribution in [0.5, 0.6) is 0 Å². The van der Waals surface area contributed by atoms with Crippen molar-refractivity contribution in [1.82, 2.24) is 15.3 Å². The van der Waals surface area contributed by atoms with Crippen LogP contribution in [0.25, 0.3) is 11.4 Å². The van der Waals surface area contributed by atoms with Gasteiger partial charge in [0, 0.05) is 17.8 Å². The lowest BCUT2D eigenvalue weighted by Gasteiger charge is -2.06. The van der Waals surface area contributed by atoms with E-state index in [4.69, 9.17) is 0 Å². The van der Waals surface area contributed by atoms with Gasteiger partial charge in [-0.2, -0.15) is 0 Å². The Morgan fingerprint density at radius 3 is 2.56 bits per heavy atom. The first kappa shape index (κ1) is 12.6. The summed E-state index contributed by atoms with van der Waals surface area (Å²) in [5, 5.41) is 3.23. The van der Waals surface area contributed by atoms with Crippen LogP contribution in [0.2, 0.25) is 0 Å². The van der Waals surface area contributed by atoms with Crippen molar-refractivity contribution in [1.29, 1.82) is 0 Å². The van der Waals surface area contributed by atoms with E-state index >= 15 is 0 Å². The Balaban J connectivity index is 2.32. The van der Waals surface area contributed by atoms with Crippen molar-refractivity contribution in [3.63, 3.8) is 0 Å². The van der Waals surface area contributed by atoms with E-state index in [1.165, 1.54) is 12.1 Å². The highest BCUT2D eigenvalue weighted by atomic mass is 19.1. The third kappa shape index (κ3) is 3.11. The molecule has 2 aromatic rings. The molecule has 1 heterocycles. The van der Waals surface area contributed by atoms with Gasteiger partial charge >= 0.3 is 0 Å². The number of aryl methyl sites for hydroxylation is 1. The molecule has 2 rings (SSSR count). The van der Waals surface area contributed by atoms with Gasteiger partial charge in [0.2, 0.25) is 0 Å². The number of nitrogens with zero attached hydrogens (tertiary/aromatic N) is 2. The number of aromatic nitrogens is 2. The van der Waals surface area contributed by atoms with E-state index in [-0.39, 0.29) is 5.82 Å². The smallest absolute Gasteiger partial charge is 0.159 e. The molecule has 1 aromatic carbocycles. The molecule has 0 aliphatic rings. The largest absolute Gasteiger partial charge is 0.311 e. The second kappa shape index (κ2) is 5.69. The standard InChI is InChI=1S/C14H16FN3/c1-3-16-9-13-8-10(2)17-14(18-13)11-4-6-12(15)7-5-11/h4-8,16H,3,9H2,1-2H3. The van der Waals surface area contributed by atoms with E-state index in [2.05, 4.69) is 22.2 Å². The van der Waals surface area contributed by atoms with Crippen LogP contribution in [0.4, 0.5) is 4.39 Å². The van der Waals surface area contributed by atoms with Gasteiger partial charge in [-0.25, -0.2) is 14.4 Å². The molecular weight excluding hydrogens is 229 g/mol. The molecule has 1 aromatic heterocycles. The summed E-state index contributed by atoms with van der Waals surface area (Å²) in [6.07, 6.45) is 0. The van der Waals surface area contributed by atoms with Gasteiger partial charge in [-0.1, -0.05) is 6.92 Å². The van der Waals surface area contributed by atoms with Crippen molar-refractivity contribution >= 4 is 0 Å². The predicted octanol–water partition coefficient (Wildman–Crippen LogP) is 2.70. The minimum absolute atomic E-state index is 0.251. The summed E-state index contributed by atoms with van der Waals surface area (Å²) in [6.45, 7) is 5.60. The second-order valence-corrected chi connectivity index (χ2v) is 4.11. The van der Waals surface area contributed by atoms with Gasteiger partial charge < -0.3 is 5.32 Å². The quantitative estimate of drug-likeness (QED) is 0.900. The van der Waals surface area contributed by atoms with E-state index in [0.29, 0.717) is 12.4 Å². The normalized spacial score (nSPS) is 10.6. The lowest BCUT2D eigenvalue weighted by atomic mass is 10.2. The minimum atomic E-state index is -0.251. The molecule has 94 valence electrons. The average Bonchev–Trinajstić information content (AvgIpc) is 2.36. The topological polar surface area (TPSA) is 37.8 Å². The van der Waals surface area contributed by atoms with Crippen molar-refractivity contribution in [2.45, 2.75) is 20.4 Å². The van der Waals surface area contributed by atoms with Crippen LogP contribution in [0.15, 0.2) is 30.3 Å². The zero-order valence-corrected chi connectivity index (χ0v) is 10.6. The first-order valence-electron chi connectivity index (χ1n) is 6.00. The Labute approximate surface area is 106 Å². The monoisotopic (exact) mass is 245 g/mol. The number of rotatable bonds is 4. The number of halogens is 1. The fourth-order valence-electron chi connectivity index (χ4n) is 1.71. The van der Waals surface area contributed by atoms with E-state index in [9.17, 15) is 4.39 Å². The summed E-state index contributed by atoms with van der Waals surface area (Å²) in [7, 11) is 0. The molecule has 4 heteroatoms.